The van der Waals surface area contributed by atoms with Crippen LogP contribution in [0, 0.1) is 13.8 Å². The normalized spacial score (nSPS) is 10.9. The second kappa shape index (κ2) is 6.98. The number of hydrogen-bond donors (Lipinski definition) is 0. The molecule has 116 valence electrons. The van der Waals surface area contributed by atoms with E-state index in [1.165, 1.54) is 0 Å². The van der Waals surface area contributed by atoms with E-state index in [2.05, 4.69) is 0 Å². The Bertz CT molecular complexity index is 718. The highest BCUT2D eigenvalue weighted by Crippen LogP contribution is 2.28. The molecule has 0 spiro atoms. The predicted octanol–water partition coefficient (Wildman–Crippen LogP) is 3.50. The van der Waals surface area contributed by atoms with Crippen LogP contribution in [0.1, 0.15) is 23.9 Å². The second-order valence-corrected chi connectivity index (χ2v) is 5.00. The van der Waals surface area contributed by atoms with Crippen LogP contribution in [0.4, 0.5) is 0 Å². The fourth-order valence-corrected chi connectivity index (χ4v) is 2.33. The van der Waals surface area contributed by atoms with E-state index in [0.717, 1.165) is 28.5 Å². The zero-order valence-electron chi connectivity index (χ0n) is 13.4. The Kier molecular flexibility index (Phi) is 5.04. The van der Waals surface area contributed by atoms with Gasteiger partial charge in [-0.3, -0.25) is 4.79 Å². The highest BCUT2D eigenvalue weighted by Gasteiger charge is 2.04. The van der Waals surface area contributed by atoms with Crippen LogP contribution in [0.15, 0.2) is 35.1 Å². The molecule has 0 unspecified atom stereocenters. The molecule has 22 heavy (non-hydrogen) atoms. The Morgan fingerprint density at radius 2 is 1.77 bits per heavy atom. The molecule has 0 radical (unpaired) electrons. The van der Waals surface area contributed by atoms with Gasteiger partial charge < -0.3 is 14.0 Å². The number of hydrogen-bond acceptors (Lipinski definition) is 3. The van der Waals surface area contributed by atoms with Crippen molar-refractivity contribution in [3.8, 4) is 11.5 Å². The molecule has 0 saturated heterocycles. The van der Waals surface area contributed by atoms with Crippen molar-refractivity contribution in [3.63, 3.8) is 0 Å². The molecule has 1 aromatic carbocycles. The molecule has 2 rings (SSSR count). The maximum absolute atomic E-state index is 11.5. The first kappa shape index (κ1) is 15.9. The molecule has 4 nitrogen and oxygen atoms in total. The van der Waals surface area contributed by atoms with E-state index in [9.17, 15) is 4.79 Å². The average molecular weight is 299 g/mol. The first-order valence-corrected chi connectivity index (χ1v) is 7.24. The van der Waals surface area contributed by atoms with Crippen LogP contribution in [0.2, 0.25) is 0 Å². The molecule has 2 aromatic rings. The monoisotopic (exact) mass is 299 g/mol. The van der Waals surface area contributed by atoms with Crippen LogP contribution < -0.4 is 14.9 Å². The van der Waals surface area contributed by atoms with Gasteiger partial charge in [0.25, 0.3) is 0 Å². The summed E-state index contributed by atoms with van der Waals surface area (Å²) in [7, 11) is 1.63. The minimum atomic E-state index is 0.0303. The average Bonchev–Trinajstić information content (AvgIpc) is 2.46. The number of aryl methyl sites for hydroxylation is 2. The van der Waals surface area contributed by atoms with Gasteiger partial charge in [-0.25, -0.2) is 0 Å². The highest BCUT2D eigenvalue weighted by molar-refractivity contribution is 5.64. The van der Waals surface area contributed by atoms with Gasteiger partial charge in [-0.15, -0.1) is 0 Å². The van der Waals surface area contributed by atoms with Crippen molar-refractivity contribution < 1.29 is 9.47 Å². The lowest BCUT2D eigenvalue weighted by atomic mass is 10.2. The quantitative estimate of drug-likeness (QED) is 0.848. The summed E-state index contributed by atoms with van der Waals surface area (Å²) in [6, 6.07) is 9.03. The molecule has 0 amide bonds. The SMILES string of the molecule is CCOc1cc(/C=C/n2c(C)cc(=O)cc2C)ccc1OC. The van der Waals surface area contributed by atoms with Gasteiger partial charge in [-0.05, 0) is 44.5 Å². The molecule has 1 heterocycles. The third-order valence-corrected chi connectivity index (χ3v) is 3.37. The molecule has 4 heteroatoms. The first-order valence-electron chi connectivity index (χ1n) is 7.24. The summed E-state index contributed by atoms with van der Waals surface area (Å²) in [5, 5.41) is 0. The summed E-state index contributed by atoms with van der Waals surface area (Å²) in [5.74, 6) is 1.44. The van der Waals surface area contributed by atoms with Crippen molar-refractivity contribution in [3.05, 3.63) is 57.5 Å². The highest BCUT2D eigenvalue weighted by atomic mass is 16.5. The van der Waals surface area contributed by atoms with Crippen molar-refractivity contribution >= 4 is 12.3 Å². The van der Waals surface area contributed by atoms with Crippen LogP contribution in [-0.2, 0) is 0 Å². The van der Waals surface area contributed by atoms with Gasteiger partial charge in [0.15, 0.2) is 16.9 Å². The van der Waals surface area contributed by atoms with Gasteiger partial charge in [-0.2, -0.15) is 0 Å². The smallest absolute Gasteiger partial charge is 0.182 e. The van der Waals surface area contributed by atoms with E-state index in [1.807, 2.05) is 55.8 Å². The number of rotatable bonds is 5. The summed E-state index contributed by atoms with van der Waals surface area (Å²) < 4.78 is 12.8. The molecular weight excluding hydrogens is 278 g/mol. The number of ether oxygens (including phenoxy) is 2. The maximum atomic E-state index is 11.5. The molecule has 0 fully saturated rings. The third-order valence-electron chi connectivity index (χ3n) is 3.37. The Balaban J connectivity index is 2.34. The maximum Gasteiger partial charge on any atom is 0.182 e. The Morgan fingerprint density at radius 3 is 2.36 bits per heavy atom. The molecule has 0 aliphatic rings. The van der Waals surface area contributed by atoms with Crippen molar-refractivity contribution in [2.75, 3.05) is 13.7 Å². The largest absolute Gasteiger partial charge is 0.493 e. The zero-order chi connectivity index (χ0) is 16.1. The number of methoxy groups -OCH3 is 1. The summed E-state index contributed by atoms with van der Waals surface area (Å²) in [6.07, 6.45) is 3.92. The zero-order valence-corrected chi connectivity index (χ0v) is 13.4. The molecule has 0 atom stereocenters. The van der Waals surface area contributed by atoms with E-state index in [0.29, 0.717) is 6.61 Å². The van der Waals surface area contributed by atoms with Gasteiger partial charge in [0.1, 0.15) is 0 Å². The van der Waals surface area contributed by atoms with Crippen molar-refractivity contribution in [1.29, 1.82) is 0 Å². The summed E-state index contributed by atoms with van der Waals surface area (Å²) in [6.45, 7) is 6.35. The van der Waals surface area contributed by atoms with Gasteiger partial charge in [0.05, 0.1) is 13.7 Å². The van der Waals surface area contributed by atoms with Crippen molar-refractivity contribution in [2.24, 2.45) is 0 Å². The minimum Gasteiger partial charge on any atom is -0.493 e. The number of nitrogens with zero attached hydrogens (tertiary/aromatic N) is 1. The van der Waals surface area contributed by atoms with Crippen molar-refractivity contribution in [2.45, 2.75) is 20.8 Å². The van der Waals surface area contributed by atoms with Gasteiger partial charge in [0, 0.05) is 29.7 Å². The molecule has 0 saturated carbocycles. The van der Waals surface area contributed by atoms with Crippen LogP contribution in [0.3, 0.4) is 0 Å². The summed E-state index contributed by atoms with van der Waals surface area (Å²) in [4.78, 5) is 11.5. The van der Waals surface area contributed by atoms with Crippen LogP contribution in [0.25, 0.3) is 12.3 Å². The lowest BCUT2D eigenvalue weighted by Gasteiger charge is -2.11. The van der Waals surface area contributed by atoms with E-state index in [-0.39, 0.29) is 5.43 Å². The number of benzene rings is 1. The fourth-order valence-electron chi connectivity index (χ4n) is 2.33. The standard InChI is InChI=1S/C18H21NO3/c1-5-22-18-12-15(6-7-17(18)21-4)8-9-19-13(2)10-16(20)11-14(19)3/h6-12H,5H2,1-4H3/b9-8+. The fraction of sp³-hybridized carbons (Fsp3) is 0.278. The van der Waals surface area contributed by atoms with Crippen LogP contribution in [-0.4, -0.2) is 18.3 Å². The molecule has 0 aliphatic carbocycles. The second-order valence-electron chi connectivity index (χ2n) is 5.00. The van der Waals surface area contributed by atoms with Crippen LogP contribution in [0.5, 0.6) is 11.5 Å². The van der Waals surface area contributed by atoms with Gasteiger partial charge >= 0.3 is 0 Å². The molecule has 1 aromatic heterocycles. The number of pyridine rings is 1. The lowest BCUT2D eigenvalue weighted by molar-refractivity contribution is 0.311. The summed E-state index contributed by atoms with van der Waals surface area (Å²) >= 11 is 0. The van der Waals surface area contributed by atoms with Gasteiger partial charge in [-0.1, -0.05) is 6.07 Å². The molecular formula is C18H21NO3. The topological polar surface area (TPSA) is 40.5 Å². The minimum absolute atomic E-state index is 0.0303. The molecule has 0 aliphatic heterocycles. The Morgan fingerprint density at radius 1 is 1.09 bits per heavy atom. The first-order chi connectivity index (χ1) is 10.5. The Hall–Kier alpha value is -2.49. The molecule has 0 bridgehead atoms. The van der Waals surface area contributed by atoms with Crippen molar-refractivity contribution in [1.82, 2.24) is 4.57 Å². The van der Waals surface area contributed by atoms with E-state index in [1.54, 1.807) is 19.2 Å². The van der Waals surface area contributed by atoms with E-state index >= 15 is 0 Å². The van der Waals surface area contributed by atoms with E-state index in [4.69, 9.17) is 9.47 Å². The van der Waals surface area contributed by atoms with Crippen LogP contribution >= 0.6 is 0 Å². The third kappa shape index (κ3) is 3.58. The van der Waals surface area contributed by atoms with Gasteiger partial charge in [0.2, 0.25) is 0 Å². The lowest BCUT2D eigenvalue weighted by Crippen LogP contribution is -2.08. The Labute approximate surface area is 130 Å². The number of aromatic nitrogens is 1. The predicted molar refractivity (Wildman–Crippen MR) is 89.6 cm³/mol. The molecule has 0 N–H and O–H groups in total. The summed E-state index contributed by atoms with van der Waals surface area (Å²) in [5.41, 5.74) is 2.84. The van der Waals surface area contributed by atoms with E-state index < -0.39 is 0 Å².